The van der Waals surface area contributed by atoms with Gasteiger partial charge in [-0.15, -0.1) is 0 Å². The van der Waals surface area contributed by atoms with Gasteiger partial charge in [-0.1, -0.05) is 41.1 Å². The van der Waals surface area contributed by atoms with Gasteiger partial charge < -0.3 is 9.73 Å². The average Bonchev–Trinajstić information content (AvgIpc) is 2.84. The van der Waals surface area contributed by atoms with Crippen LogP contribution in [0, 0.1) is 6.92 Å². The van der Waals surface area contributed by atoms with Crippen LogP contribution < -0.4 is 5.32 Å². The van der Waals surface area contributed by atoms with Crippen LogP contribution in [0.4, 0.5) is 0 Å². The lowest BCUT2D eigenvalue weighted by Crippen LogP contribution is -2.22. The van der Waals surface area contributed by atoms with Gasteiger partial charge in [-0.25, -0.2) is 0 Å². The van der Waals surface area contributed by atoms with Crippen molar-refractivity contribution in [3.05, 3.63) is 58.0 Å². The molecule has 0 saturated carbocycles. The number of hydrogen-bond donors (Lipinski definition) is 1. The van der Waals surface area contributed by atoms with Gasteiger partial charge in [0.25, 0.3) is 0 Å². The minimum absolute atomic E-state index is 0.174. The van der Waals surface area contributed by atoms with Crippen molar-refractivity contribution < 1.29 is 4.42 Å². The molecule has 90 valence electrons. The predicted molar refractivity (Wildman–Crippen MR) is 73.1 cm³/mol. The molecule has 0 amide bonds. The zero-order valence-electron chi connectivity index (χ0n) is 10.0. The van der Waals surface area contributed by atoms with Crippen LogP contribution in [0.3, 0.4) is 0 Å². The van der Waals surface area contributed by atoms with Gasteiger partial charge in [-0.3, -0.25) is 0 Å². The third-order valence-electron chi connectivity index (χ3n) is 2.82. The summed E-state index contributed by atoms with van der Waals surface area (Å²) in [5.74, 6) is 0. The highest BCUT2D eigenvalue weighted by molar-refractivity contribution is 9.10. The standard InChI is InChI=1S/C14H16BrNO/c1-3-16-14(11-7-8-17-9-11)12-6-4-5-10(2)13(12)15/h4-9,14,16H,3H2,1-2H3. The SMILES string of the molecule is CCNC(c1ccoc1)c1cccc(C)c1Br. The van der Waals surface area contributed by atoms with Crippen molar-refractivity contribution in [2.24, 2.45) is 0 Å². The summed E-state index contributed by atoms with van der Waals surface area (Å²) < 4.78 is 6.34. The number of rotatable bonds is 4. The molecule has 2 rings (SSSR count). The van der Waals surface area contributed by atoms with E-state index in [4.69, 9.17) is 4.42 Å². The Balaban J connectivity index is 2.43. The third kappa shape index (κ3) is 2.61. The van der Waals surface area contributed by atoms with E-state index in [-0.39, 0.29) is 6.04 Å². The van der Waals surface area contributed by atoms with Crippen molar-refractivity contribution in [3.8, 4) is 0 Å². The molecule has 1 aromatic carbocycles. The molecule has 0 saturated heterocycles. The Labute approximate surface area is 110 Å². The molecule has 3 heteroatoms. The fourth-order valence-electron chi connectivity index (χ4n) is 1.94. The van der Waals surface area contributed by atoms with Gasteiger partial charge in [0, 0.05) is 10.0 Å². The molecule has 1 heterocycles. The Morgan fingerprint density at radius 1 is 1.35 bits per heavy atom. The maximum absolute atomic E-state index is 5.18. The molecule has 1 unspecified atom stereocenters. The summed E-state index contributed by atoms with van der Waals surface area (Å²) in [6, 6.07) is 8.50. The second-order valence-electron chi connectivity index (χ2n) is 4.03. The van der Waals surface area contributed by atoms with Crippen LogP contribution in [-0.2, 0) is 0 Å². The molecule has 1 N–H and O–H groups in total. The van der Waals surface area contributed by atoms with Crippen LogP contribution in [0.25, 0.3) is 0 Å². The first-order chi connectivity index (χ1) is 8.24. The Morgan fingerprint density at radius 3 is 2.82 bits per heavy atom. The van der Waals surface area contributed by atoms with E-state index < -0.39 is 0 Å². The molecule has 1 atom stereocenters. The zero-order chi connectivity index (χ0) is 12.3. The molecule has 0 bridgehead atoms. The largest absolute Gasteiger partial charge is 0.472 e. The van der Waals surface area contributed by atoms with Gasteiger partial charge in [0.2, 0.25) is 0 Å². The van der Waals surface area contributed by atoms with Crippen molar-refractivity contribution in [3.63, 3.8) is 0 Å². The molecular weight excluding hydrogens is 278 g/mol. The van der Waals surface area contributed by atoms with E-state index in [0.717, 1.165) is 16.6 Å². The highest BCUT2D eigenvalue weighted by Gasteiger charge is 2.17. The second-order valence-corrected chi connectivity index (χ2v) is 4.82. The molecule has 0 aliphatic rings. The van der Waals surface area contributed by atoms with E-state index in [0.29, 0.717) is 0 Å². The molecule has 0 aliphatic heterocycles. The van der Waals surface area contributed by atoms with Gasteiger partial charge in [0.1, 0.15) is 0 Å². The van der Waals surface area contributed by atoms with Gasteiger partial charge in [0.05, 0.1) is 18.6 Å². The van der Waals surface area contributed by atoms with Crippen LogP contribution in [-0.4, -0.2) is 6.54 Å². The highest BCUT2D eigenvalue weighted by Crippen LogP contribution is 2.30. The fraction of sp³-hybridized carbons (Fsp3) is 0.286. The first-order valence-electron chi connectivity index (χ1n) is 5.74. The normalized spacial score (nSPS) is 12.6. The number of halogens is 1. The molecule has 0 fully saturated rings. The van der Waals surface area contributed by atoms with E-state index in [1.807, 2.05) is 6.07 Å². The van der Waals surface area contributed by atoms with E-state index in [1.54, 1.807) is 12.5 Å². The molecule has 0 aliphatic carbocycles. The van der Waals surface area contributed by atoms with Gasteiger partial charge in [-0.05, 0) is 30.7 Å². The summed E-state index contributed by atoms with van der Waals surface area (Å²) in [4.78, 5) is 0. The maximum atomic E-state index is 5.18. The highest BCUT2D eigenvalue weighted by atomic mass is 79.9. The molecular formula is C14H16BrNO. The summed E-state index contributed by atoms with van der Waals surface area (Å²) in [6.07, 6.45) is 3.51. The van der Waals surface area contributed by atoms with Gasteiger partial charge in [0.15, 0.2) is 0 Å². The van der Waals surface area contributed by atoms with E-state index in [2.05, 4.69) is 53.3 Å². The van der Waals surface area contributed by atoms with Crippen molar-refractivity contribution in [1.29, 1.82) is 0 Å². The lowest BCUT2D eigenvalue weighted by molar-refractivity contribution is 0.552. The minimum Gasteiger partial charge on any atom is -0.472 e. The maximum Gasteiger partial charge on any atom is 0.0953 e. The van der Waals surface area contributed by atoms with E-state index in [9.17, 15) is 0 Å². The minimum atomic E-state index is 0.174. The summed E-state index contributed by atoms with van der Waals surface area (Å²) >= 11 is 3.67. The number of aryl methyl sites for hydroxylation is 1. The Morgan fingerprint density at radius 2 is 2.18 bits per heavy atom. The van der Waals surface area contributed by atoms with Crippen LogP contribution >= 0.6 is 15.9 Å². The number of nitrogens with one attached hydrogen (secondary N) is 1. The molecule has 17 heavy (non-hydrogen) atoms. The summed E-state index contributed by atoms with van der Waals surface area (Å²) in [7, 11) is 0. The van der Waals surface area contributed by atoms with E-state index >= 15 is 0 Å². The van der Waals surface area contributed by atoms with Crippen LogP contribution in [0.1, 0.15) is 29.7 Å². The van der Waals surface area contributed by atoms with Crippen molar-refractivity contribution in [2.45, 2.75) is 19.9 Å². The Hall–Kier alpha value is -1.06. The fourth-order valence-corrected chi connectivity index (χ4v) is 2.44. The summed E-state index contributed by atoms with van der Waals surface area (Å²) in [6.45, 7) is 5.12. The Bertz CT molecular complexity index is 479. The zero-order valence-corrected chi connectivity index (χ0v) is 11.6. The topological polar surface area (TPSA) is 25.2 Å². The number of furan rings is 1. The average molecular weight is 294 g/mol. The van der Waals surface area contributed by atoms with E-state index in [1.165, 1.54) is 11.1 Å². The number of benzene rings is 1. The lowest BCUT2D eigenvalue weighted by Gasteiger charge is -2.19. The molecule has 2 nitrogen and oxygen atoms in total. The lowest BCUT2D eigenvalue weighted by atomic mass is 9.99. The first kappa shape index (κ1) is 12.4. The van der Waals surface area contributed by atoms with Crippen LogP contribution in [0.2, 0.25) is 0 Å². The van der Waals surface area contributed by atoms with Crippen molar-refractivity contribution >= 4 is 15.9 Å². The molecule has 2 aromatic rings. The number of hydrogen-bond acceptors (Lipinski definition) is 2. The third-order valence-corrected chi connectivity index (χ3v) is 3.90. The molecule has 0 radical (unpaired) electrons. The predicted octanol–water partition coefficient (Wildman–Crippen LogP) is 4.05. The van der Waals surface area contributed by atoms with Gasteiger partial charge in [-0.2, -0.15) is 0 Å². The molecule has 1 aromatic heterocycles. The van der Waals surface area contributed by atoms with Crippen LogP contribution in [0.5, 0.6) is 0 Å². The summed E-state index contributed by atoms with van der Waals surface area (Å²) in [5.41, 5.74) is 3.64. The van der Waals surface area contributed by atoms with Gasteiger partial charge >= 0.3 is 0 Å². The second kappa shape index (κ2) is 5.52. The van der Waals surface area contributed by atoms with Crippen molar-refractivity contribution in [1.82, 2.24) is 5.32 Å². The van der Waals surface area contributed by atoms with Crippen LogP contribution in [0.15, 0.2) is 45.7 Å². The smallest absolute Gasteiger partial charge is 0.0953 e. The monoisotopic (exact) mass is 293 g/mol. The van der Waals surface area contributed by atoms with Crippen molar-refractivity contribution in [2.75, 3.05) is 6.54 Å². The Kier molecular flexibility index (Phi) is 4.02. The quantitative estimate of drug-likeness (QED) is 0.920. The summed E-state index contributed by atoms with van der Waals surface area (Å²) in [5, 5.41) is 3.48. The first-order valence-corrected chi connectivity index (χ1v) is 6.53. The molecule has 0 spiro atoms.